The van der Waals surface area contributed by atoms with Crippen molar-refractivity contribution in [1.29, 1.82) is 0 Å². The van der Waals surface area contributed by atoms with Crippen molar-refractivity contribution < 1.29 is 15.0 Å². The van der Waals surface area contributed by atoms with Gasteiger partial charge in [-0.2, -0.15) is 0 Å². The highest BCUT2D eigenvalue weighted by Gasteiger charge is 2.35. The Morgan fingerprint density at radius 2 is 2.10 bits per heavy atom. The first-order valence-corrected chi connectivity index (χ1v) is 7.67. The van der Waals surface area contributed by atoms with E-state index in [2.05, 4.69) is 28.2 Å². The summed E-state index contributed by atoms with van der Waals surface area (Å²) in [5.41, 5.74) is -0.121. The zero-order valence-electron chi connectivity index (χ0n) is 11.5. The third-order valence-electron chi connectivity index (χ3n) is 4.12. The van der Waals surface area contributed by atoms with Crippen molar-refractivity contribution in [2.45, 2.75) is 38.1 Å². The molecule has 20 heavy (non-hydrogen) atoms. The highest BCUT2D eigenvalue weighted by molar-refractivity contribution is 9.10. The summed E-state index contributed by atoms with van der Waals surface area (Å²) in [5, 5.41) is 22.2. The monoisotopic (exact) mass is 341 g/mol. The Hall–Kier alpha value is -1.07. The van der Waals surface area contributed by atoms with Crippen LogP contribution in [0.4, 0.5) is 0 Å². The number of hydrogen-bond acceptors (Lipinski definition) is 3. The fraction of sp³-hybridized carbons (Fsp3) is 0.533. The molecule has 0 unspecified atom stereocenters. The molecule has 0 aliphatic heterocycles. The number of carbonyl (C=O) groups is 1. The van der Waals surface area contributed by atoms with E-state index in [-0.39, 0.29) is 18.3 Å². The van der Waals surface area contributed by atoms with Gasteiger partial charge in [0.25, 0.3) is 5.91 Å². The first-order chi connectivity index (χ1) is 9.46. The predicted octanol–water partition coefficient (Wildman–Crippen LogP) is 2.83. The molecule has 0 spiro atoms. The van der Waals surface area contributed by atoms with Crippen molar-refractivity contribution >= 4 is 21.8 Å². The molecule has 0 radical (unpaired) electrons. The molecule has 1 aliphatic rings. The molecular formula is C15H20BrNO3. The number of halogens is 1. The van der Waals surface area contributed by atoms with Crippen LogP contribution < -0.4 is 5.32 Å². The van der Waals surface area contributed by atoms with Gasteiger partial charge >= 0.3 is 0 Å². The topological polar surface area (TPSA) is 69.6 Å². The first-order valence-electron chi connectivity index (χ1n) is 6.88. The Morgan fingerprint density at radius 1 is 1.45 bits per heavy atom. The van der Waals surface area contributed by atoms with Crippen LogP contribution in [0.3, 0.4) is 0 Å². The van der Waals surface area contributed by atoms with E-state index in [1.165, 1.54) is 6.07 Å². The Labute approximate surface area is 127 Å². The van der Waals surface area contributed by atoms with E-state index in [1.807, 2.05) is 0 Å². The molecule has 2 rings (SSSR count). The molecule has 0 aromatic heterocycles. The Morgan fingerprint density at radius 3 is 2.65 bits per heavy atom. The summed E-state index contributed by atoms with van der Waals surface area (Å²) >= 11 is 3.19. The van der Waals surface area contributed by atoms with Crippen LogP contribution in [0.5, 0.6) is 5.75 Å². The van der Waals surface area contributed by atoms with Gasteiger partial charge in [0, 0.05) is 5.56 Å². The lowest BCUT2D eigenvalue weighted by atomic mass is 9.77. The van der Waals surface area contributed by atoms with E-state index in [4.69, 9.17) is 0 Å². The number of aliphatic hydroxyl groups excluding tert-OH is 1. The summed E-state index contributed by atoms with van der Waals surface area (Å²) < 4.78 is 0.553. The van der Waals surface area contributed by atoms with Crippen molar-refractivity contribution in [3.63, 3.8) is 0 Å². The van der Waals surface area contributed by atoms with Gasteiger partial charge < -0.3 is 15.5 Å². The zero-order chi connectivity index (χ0) is 14.8. The summed E-state index contributed by atoms with van der Waals surface area (Å²) in [6.07, 6.45) is 3.59. The Bertz CT molecular complexity index is 496. The predicted molar refractivity (Wildman–Crippen MR) is 80.7 cm³/mol. The molecule has 0 atom stereocenters. The fourth-order valence-electron chi connectivity index (χ4n) is 2.60. The molecule has 1 aromatic carbocycles. The van der Waals surface area contributed by atoms with Gasteiger partial charge in [0.15, 0.2) is 0 Å². The smallest absolute Gasteiger partial charge is 0.251 e. The third-order valence-corrected chi connectivity index (χ3v) is 4.79. The van der Waals surface area contributed by atoms with Crippen molar-refractivity contribution in [2.24, 2.45) is 5.92 Å². The first kappa shape index (κ1) is 15.3. The van der Waals surface area contributed by atoms with Crippen LogP contribution in [-0.4, -0.2) is 28.3 Å². The molecule has 1 aromatic rings. The average molecular weight is 342 g/mol. The van der Waals surface area contributed by atoms with Crippen molar-refractivity contribution in [3.05, 3.63) is 28.2 Å². The number of amides is 1. The minimum Gasteiger partial charge on any atom is -0.507 e. The number of phenols is 1. The summed E-state index contributed by atoms with van der Waals surface area (Å²) in [6, 6.07) is 4.71. The normalized spacial score (nSPS) is 26.2. The summed E-state index contributed by atoms with van der Waals surface area (Å²) in [6.45, 7) is 2.14. The molecule has 1 saturated carbocycles. The number of aromatic hydroxyl groups is 1. The molecule has 1 aliphatic carbocycles. The molecule has 110 valence electrons. The van der Waals surface area contributed by atoms with Gasteiger partial charge in [-0.15, -0.1) is 0 Å². The summed E-state index contributed by atoms with van der Waals surface area (Å²) in [5.74, 6) is 0.424. The maximum Gasteiger partial charge on any atom is 0.251 e. The second-order valence-electron chi connectivity index (χ2n) is 5.74. The standard InChI is InChI=1S/C15H20BrNO3/c1-10-4-6-15(9-18,7-5-10)17-14(20)11-2-3-12(16)13(19)8-11/h2-3,8,10,18-19H,4-7,9H2,1H3,(H,17,20). The molecular weight excluding hydrogens is 322 g/mol. The maximum absolute atomic E-state index is 12.3. The second kappa shape index (κ2) is 6.14. The summed E-state index contributed by atoms with van der Waals surface area (Å²) in [4.78, 5) is 12.3. The molecule has 5 heteroatoms. The van der Waals surface area contributed by atoms with Gasteiger partial charge in [0.1, 0.15) is 5.75 Å². The van der Waals surface area contributed by atoms with Gasteiger partial charge in [0.05, 0.1) is 16.6 Å². The van der Waals surface area contributed by atoms with Gasteiger partial charge in [0.2, 0.25) is 0 Å². The van der Waals surface area contributed by atoms with Crippen molar-refractivity contribution in [2.75, 3.05) is 6.61 Å². The van der Waals surface area contributed by atoms with Gasteiger partial charge in [-0.1, -0.05) is 6.92 Å². The quantitative estimate of drug-likeness (QED) is 0.791. The lowest BCUT2D eigenvalue weighted by Gasteiger charge is -2.38. The van der Waals surface area contributed by atoms with Crippen LogP contribution in [0.25, 0.3) is 0 Å². The van der Waals surface area contributed by atoms with Crippen LogP contribution in [0.15, 0.2) is 22.7 Å². The van der Waals surface area contributed by atoms with Gasteiger partial charge in [-0.3, -0.25) is 4.79 Å². The van der Waals surface area contributed by atoms with Crippen molar-refractivity contribution in [3.8, 4) is 5.75 Å². The highest BCUT2D eigenvalue weighted by atomic mass is 79.9. The van der Waals surface area contributed by atoms with E-state index < -0.39 is 5.54 Å². The molecule has 3 N–H and O–H groups in total. The molecule has 0 bridgehead atoms. The maximum atomic E-state index is 12.3. The number of phenolic OH excluding ortho intramolecular Hbond substituents is 1. The largest absolute Gasteiger partial charge is 0.507 e. The van der Waals surface area contributed by atoms with E-state index >= 15 is 0 Å². The lowest BCUT2D eigenvalue weighted by molar-refractivity contribution is 0.0717. The molecule has 4 nitrogen and oxygen atoms in total. The second-order valence-corrected chi connectivity index (χ2v) is 6.60. The highest BCUT2D eigenvalue weighted by Crippen LogP contribution is 2.32. The number of carbonyl (C=O) groups excluding carboxylic acids is 1. The van der Waals surface area contributed by atoms with E-state index in [0.29, 0.717) is 16.0 Å². The number of nitrogens with one attached hydrogen (secondary N) is 1. The van der Waals surface area contributed by atoms with Crippen LogP contribution in [-0.2, 0) is 0 Å². The lowest BCUT2D eigenvalue weighted by Crippen LogP contribution is -2.53. The van der Waals surface area contributed by atoms with Crippen LogP contribution in [0, 0.1) is 5.92 Å². The van der Waals surface area contributed by atoms with Gasteiger partial charge in [-0.05, 0) is 65.7 Å². The van der Waals surface area contributed by atoms with E-state index in [9.17, 15) is 15.0 Å². The van der Waals surface area contributed by atoms with Crippen LogP contribution >= 0.6 is 15.9 Å². The van der Waals surface area contributed by atoms with Crippen LogP contribution in [0.2, 0.25) is 0 Å². The summed E-state index contributed by atoms with van der Waals surface area (Å²) in [7, 11) is 0. The fourth-order valence-corrected chi connectivity index (χ4v) is 2.85. The van der Waals surface area contributed by atoms with Crippen molar-refractivity contribution in [1.82, 2.24) is 5.32 Å². The number of rotatable bonds is 3. The molecule has 0 saturated heterocycles. The average Bonchev–Trinajstić information content (AvgIpc) is 2.44. The number of aliphatic hydroxyl groups is 1. The number of hydrogen-bond donors (Lipinski definition) is 3. The van der Waals surface area contributed by atoms with Gasteiger partial charge in [-0.25, -0.2) is 0 Å². The molecule has 1 fully saturated rings. The molecule has 1 amide bonds. The number of benzene rings is 1. The van der Waals surface area contributed by atoms with E-state index in [1.54, 1.807) is 12.1 Å². The Kier molecular flexibility index (Phi) is 4.70. The minimum absolute atomic E-state index is 0.0352. The minimum atomic E-state index is -0.522. The zero-order valence-corrected chi connectivity index (χ0v) is 13.1. The molecule has 0 heterocycles. The van der Waals surface area contributed by atoms with E-state index in [0.717, 1.165) is 25.7 Å². The van der Waals surface area contributed by atoms with Crippen LogP contribution in [0.1, 0.15) is 43.0 Å². The Balaban J connectivity index is 2.11. The third kappa shape index (κ3) is 3.33. The SMILES string of the molecule is CC1CCC(CO)(NC(=O)c2ccc(Br)c(O)c2)CC1.